The van der Waals surface area contributed by atoms with Crippen molar-refractivity contribution in [1.29, 1.82) is 0 Å². The molecule has 1 aliphatic carbocycles. The minimum Gasteiger partial charge on any atom is -0.380 e. The van der Waals surface area contributed by atoms with Gasteiger partial charge in [-0.1, -0.05) is 34.6 Å². The van der Waals surface area contributed by atoms with Gasteiger partial charge in [0.2, 0.25) is 0 Å². The molecule has 5 heteroatoms. The summed E-state index contributed by atoms with van der Waals surface area (Å²) in [5, 5.41) is 0. The molecule has 196 valence electrons. The third kappa shape index (κ3) is 5.85. The topological polar surface area (TPSA) is 34.2 Å². The standard InChI is InChI=1S/C29H52N2O3/c1-26(2,3)17-28(20-31-24-6-7-25(31)16-33-15-24)13-23(14-28)12-27(4,5)18-29(21-34-22-29)19-30-8-10-32-11-9-30/h23-25H,6-22H2,1-5H3. The molecule has 2 atom stereocenters. The van der Waals surface area contributed by atoms with Crippen LogP contribution in [-0.2, 0) is 14.2 Å². The Kier molecular flexibility index (Phi) is 7.18. The van der Waals surface area contributed by atoms with Crippen molar-refractivity contribution in [2.75, 3.05) is 65.8 Å². The molecule has 34 heavy (non-hydrogen) atoms. The second kappa shape index (κ2) is 9.59. The predicted octanol–water partition coefficient (Wildman–Crippen LogP) is 4.84. The number of fused-ring (bicyclic) bond motifs is 2. The lowest BCUT2D eigenvalue weighted by atomic mass is 9.53. The average Bonchev–Trinajstić information content (AvgIpc) is 2.91. The van der Waals surface area contributed by atoms with E-state index in [1.54, 1.807) is 0 Å². The second-order valence-corrected chi connectivity index (χ2v) is 15.0. The second-order valence-electron chi connectivity index (χ2n) is 15.0. The first kappa shape index (κ1) is 25.4. The van der Waals surface area contributed by atoms with Gasteiger partial charge in [-0.25, -0.2) is 0 Å². The van der Waals surface area contributed by atoms with Crippen molar-refractivity contribution >= 4 is 0 Å². The van der Waals surface area contributed by atoms with Crippen LogP contribution in [-0.4, -0.2) is 87.7 Å². The number of nitrogens with zero attached hydrogens (tertiary/aromatic N) is 2. The minimum atomic E-state index is 0.361. The summed E-state index contributed by atoms with van der Waals surface area (Å²) in [6, 6.07) is 1.37. The van der Waals surface area contributed by atoms with Gasteiger partial charge in [0, 0.05) is 43.7 Å². The summed E-state index contributed by atoms with van der Waals surface area (Å²) in [5.41, 5.74) is 1.66. The Hall–Kier alpha value is -0.200. The molecule has 2 bridgehead atoms. The highest BCUT2D eigenvalue weighted by molar-refractivity contribution is 5.03. The molecular weight excluding hydrogens is 424 g/mol. The molecule has 1 saturated carbocycles. The zero-order chi connectivity index (χ0) is 24.0. The van der Waals surface area contributed by atoms with Gasteiger partial charge in [0.15, 0.2) is 0 Å². The molecule has 2 unspecified atom stereocenters. The Bertz CT molecular complexity index is 670. The van der Waals surface area contributed by atoms with Gasteiger partial charge < -0.3 is 14.2 Å². The molecule has 0 aromatic rings. The highest BCUT2D eigenvalue weighted by Crippen LogP contribution is 2.57. The lowest BCUT2D eigenvalue weighted by molar-refractivity contribution is -0.154. The van der Waals surface area contributed by atoms with Crippen LogP contribution in [0.3, 0.4) is 0 Å². The van der Waals surface area contributed by atoms with Crippen molar-refractivity contribution in [3.63, 3.8) is 0 Å². The van der Waals surface area contributed by atoms with E-state index in [4.69, 9.17) is 14.2 Å². The Morgan fingerprint density at radius 1 is 0.765 bits per heavy atom. The Balaban J connectivity index is 1.18. The van der Waals surface area contributed by atoms with Crippen molar-refractivity contribution in [2.24, 2.45) is 27.6 Å². The Morgan fingerprint density at radius 2 is 1.41 bits per heavy atom. The van der Waals surface area contributed by atoms with E-state index in [2.05, 4.69) is 44.4 Å². The third-order valence-corrected chi connectivity index (χ3v) is 9.43. The van der Waals surface area contributed by atoms with Crippen molar-refractivity contribution in [3.8, 4) is 0 Å². The fourth-order valence-corrected chi connectivity index (χ4v) is 8.86. The fourth-order valence-electron chi connectivity index (χ4n) is 8.86. The molecule has 0 aromatic heterocycles. The summed E-state index contributed by atoms with van der Waals surface area (Å²) < 4.78 is 17.3. The number of hydrogen-bond donors (Lipinski definition) is 0. The van der Waals surface area contributed by atoms with Crippen LogP contribution in [0.4, 0.5) is 0 Å². The molecule has 4 saturated heterocycles. The highest BCUT2D eigenvalue weighted by atomic mass is 16.5. The summed E-state index contributed by atoms with van der Waals surface area (Å²) in [6.45, 7) is 22.7. The van der Waals surface area contributed by atoms with E-state index < -0.39 is 0 Å². The van der Waals surface area contributed by atoms with E-state index in [0.29, 0.717) is 33.7 Å². The number of rotatable bonds is 9. The normalized spacial score (nSPS) is 36.8. The monoisotopic (exact) mass is 476 g/mol. The van der Waals surface area contributed by atoms with Crippen LogP contribution < -0.4 is 0 Å². The fraction of sp³-hybridized carbons (Fsp3) is 1.00. The van der Waals surface area contributed by atoms with Crippen LogP contribution in [0.15, 0.2) is 0 Å². The zero-order valence-corrected chi connectivity index (χ0v) is 22.9. The summed E-state index contributed by atoms with van der Waals surface area (Å²) in [6.07, 6.45) is 9.59. The first-order valence-electron chi connectivity index (χ1n) is 14.3. The molecule has 0 radical (unpaired) electrons. The summed E-state index contributed by atoms with van der Waals surface area (Å²) in [4.78, 5) is 5.50. The average molecular weight is 477 g/mol. The van der Waals surface area contributed by atoms with Crippen LogP contribution in [0.2, 0.25) is 0 Å². The van der Waals surface area contributed by atoms with Gasteiger partial charge >= 0.3 is 0 Å². The van der Waals surface area contributed by atoms with E-state index in [-0.39, 0.29) is 0 Å². The quantitative estimate of drug-likeness (QED) is 0.476. The molecule has 5 aliphatic rings. The molecule has 4 heterocycles. The van der Waals surface area contributed by atoms with Crippen LogP contribution in [0.1, 0.15) is 79.6 Å². The van der Waals surface area contributed by atoms with E-state index in [1.165, 1.54) is 58.0 Å². The summed E-state index contributed by atoms with van der Waals surface area (Å²) in [7, 11) is 0. The summed E-state index contributed by atoms with van der Waals surface area (Å²) >= 11 is 0. The molecule has 4 aliphatic heterocycles. The molecule has 5 rings (SSSR count). The van der Waals surface area contributed by atoms with Crippen molar-refractivity contribution < 1.29 is 14.2 Å². The molecule has 0 aromatic carbocycles. The van der Waals surface area contributed by atoms with Crippen molar-refractivity contribution in [3.05, 3.63) is 0 Å². The van der Waals surface area contributed by atoms with E-state index in [1.807, 2.05) is 0 Å². The van der Waals surface area contributed by atoms with Crippen molar-refractivity contribution in [1.82, 2.24) is 9.80 Å². The van der Waals surface area contributed by atoms with Gasteiger partial charge in [0.1, 0.15) is 0 Å². The van der Waals surface area contributed by atoms with E-state index >= 15 is 0 Å². The summed E-state index contributed by atoms with van der Waals surface area (Å²) in [5.74, 6) is 0.887. The number of morpholine rings is 2. The molecule has 0 amide bonds. The van der Waals surface area contributed by atoms with E-state index in [0.717, 1.165) is 58.6 Å². The maximum absolute atomic E-state index is 5.90. The largest absolute Gasteiger partial charge is 0.380 e. The van der Waals surface area contributed by atoms with Gasteiger partial charge in [-0.15, -0.1) is 0 Å². The van der Waals surface area contributed by atoms with Gasteiger partial charge in [0.05, 0.1) is 39.6 Å². The molecule has 0 N–H and O–H groups in total. The van der Waals surface area contributed by atoms with Crippen LogP contribution in [0.5, 0.6) is 0 Å². The SMILES string of the molecule is CC(C)(C)CC1(CN2C3CCC2COC3)CC(CC(C)(C)CC2(CN3CCOCC3)COC2)C1. The lowest BCUT2D eigenvalue weighted by Crippen LogP contribution is -2.56. The van der Waals surface area contributed by atoms with Crippen LogP contribution >= 0.6 is 0 Å². The number of ether oxygens (including phenoxy) is 3. The van der Waals surface area contributed by atoms with E-state index in [9.17, 15) is 0 Å². The number of hydrogen-bond acceptors (Lipinski definition) is 5. The van der Waals surface area contributed by atoms with Gasteiger partial charge in [-0.2, -0.15) is 0 Å². The smallest absolute Gasteiger partial charge is 0.0622 e. The molecular formula is C29H52N2O3. The highest BCUT2D eigenvalue weighted by Gasteiger charge is 2.52. The lowest BCUT2D eigenvalue weighted by Gasteiger charge is -2.56. The zero-order valence-electron chi connectivity index (χ0n) is 22.9. The first-order chi connectivity index (χ1) is 16.0. The minimum absolute atomic E-state index is 0.361. The maximum Gasteiger partial charge on any atom is 0.0622 e. The van der Waals surface area contributed by atoms with Gasteiger partial charge in [-0.3, -0.25) is 9.80 Å². The molecule has 5 nitrogen and oxygen atoms in total. The van der Waals surface area contributed by atoms with Crippen molar-refractivity contribution in [2.45, 2.75) is 91.6 Å². The first-order valence-corrected chi connectivity index (χ1v) is 14.3. The Morgan fingerprint density at radius 3 is 1.97 bits per heavy atom. The van der Waals surface area contributed by atoms with Gasteiger partial charge in [-0.05, 0) is 67.1 Å². The van der Waals surface area contributed by atoms with Crippen LogP contribution in [0, 0.1) is 27.6 Å². The molecule has 5 fully saturated rings. The molecule has 0 spiro atoms. The predicted molar refractivity (Wildman–Crippen MR) is 137 cm³/mol. The Labute approximate surface area is 209 Å². The van der Waals surface area contributed by atoms with Crippen LogP contribution in [0.25, 0.3) is 0 Å². The third-order valence-electron chi connectivity index (χ3n) is 9.43. The maximum atomic E-state index is 5.90. The van der Waals surface area contributed by atoms with Gasteiger partial charge in [0.25, 0.3) is 0 Å².